The number of halogens is 1. The van der Waals surface area contributed by atoms with Crippen molar-refractivity contribution in [2.45, 2.75) is 0 Å². The monoisotopic (exact) mass is 133 g/mol. The lowest BCUT2D eigenvalue weighted by atomic mass is 10.7. The molecule has 0 aliphatic carbocycles. The fourth-order valence-corrected chi connectivity index (χ4v) is 0.284. The Kier molecular flexibility index (Phi) is 5.69. The van der Waals surface area contributed by atoms with Crippen LogP contribution in [0.5, 0.6) is 0 Å². The van der Waals surface area contributed by atoms with Gasteiger partial charge in [0.1, 0.15) is 0 Å². The maximum atomic E-state index is 5.13. The van der Waals surface area contributed by atoms with Crippen molar-refractivity contribution in [3.63, 3.8) is 0 Å². The third-order valence-electron chi connectivity index (χ3n) is 0.350. The highest BCUT2D eigenvalue weighted by molar-refractivity contribution is 7.78. The first kappa shape index (κ1) is 6.83. The topological polar surface area (TPSA) is 12.4 Å². The van der Waals surface area contributed by atoms with E-state index < -0.39 is 0 Å². The Hall–Kier alpha value is -0.170. The van der Waals surface area contributed by atoms with Crippen LogP contribution in [0.25, 0.3) is 0 Å². The van der Waals surface area contributed by atoms with Crippen LogP contribution < -0.4 is 0 Å². The van der Waals surface area contributed by atoms with E-state index in [4.69, 9.17) is 11.6 Å². The minimum Gasteiger partial charge on any atom is -0.228 e. The predicted octanol–water partition coefficient (Wildman–Crippen LogP) is 1.84. The molecule has 38 valence electrons. The number of rotatable bonds is 2. The Morgan fingerprint density at radius 3 is 3.00 bits per heavy atom. The van der Waals surface area contributed by atoms with E-state index in [1.54, 1.807) is 6.08 Å². The van der Waals surface area contributed by atoms with E-state index in [-0.39, 0.29) is 0 Å². The standard InChI is InChI=1S/C4H4ClNS/c5-2-1-3-6-4-7/h1-2H,3H2/b2-1+. The second kappa shape index (κ2) is 5.83. The third-order valence-corrected chi connectivity index (χ3v) is 0.658. The molecule has 0 aliphatic rings. The van der Waals surface area contributed by atoms with Crippen molar-refractivity contribution in [3.8, 4) is 0 Å². The molecule has 1 nitrogen and oxygen atoms in total. The van der Waals surface area contributed by atoms with E-state index in [0.29, 0.717) is 6.54 Å². The van der Waals surface area contributed by atoms with Crippen molar-refractivity contribution in [1.82, 2.24) is 0 Å². The molecular formula is C4H4ClNS. The minimum atomic E-state index is 0.535. The molecule has 0 aliphatic heterocycles. The average molecular weight is 134 g/mol. The van der Waals surface area contributed by atoms with Crippen molar-refractivity contribution in [1.29, 1.82) is 0 Å². The fourth-order valence-electron chi connectivity index (χ4n) is 0.130. The number of aliphatic imine (C=N–C) groups is 1. The van der Waals surface area contributed by atoms with Crippen molar-refractivity contribution < 1.29 is 0 Å². The molecule has 0 amide bonds. The zero-order valence-electron chi connectivity index (χ0n) is 3.60. The molecule has 0 aromatic carbocycles. The lowest BCUT2D eigenvalue weighted by molar-refractivity contribution is 1.27. The number of hydrogen-bond acceptors (Lipinski definition) is 2. The van der Waals surface area contributed by atoms with Crippen molar-refractivity contribution in [2.75, 3.05) is 6.54 Å². The number of isothiocyanates is 1. The molecule has 0 heterocycles. The maximum absolute atomic E-state index is 5.13. The Bertz CT molecular complexity index is 104. The van der Waals surface area contributed by atoms with E-state index in [1.165, 1.54) is 5.54 Å². The van der Waals surface area contributed by atoms with Crippen LogP contribution in [-0.2, 0) is 0 Å². The molecule has 0 radical (unpaired) electrons. The quantitative estimate of drug-likeness (QED) is 0.414. The van der Waals surface area contributed by atoms with Crippen molar-refractivity contribution in [2.24, 2.45) is 4.99 Å². The highest BCUT2D eigenvalue weighted by Gasteiger charge is 1.62. The van der Waals surface area contributed by atoms with E-state index in [2.05, 4.69) is 22.4 Å². The molecule has 0 N–H and O–H groups in total. The lowest BCUT2D eigenvalue weighted by Gasteiger charge is -1.69. The van der Waals surface area contributed by atoms with Crippen LogP contribution in [0.4, 0.5) is 0 Å². The first-order valence-electron chi connectivity index (χ1n) is 1.70. The molecular weight excluding hydrogens is 130 g/mol. The van der Waals surface area contributed by atoms with Crippen LogP contribution in [-0.4, -0.2) is 11.7 Å². The van der Waals surface area contributed by atoms with Gasteiger partial charge in [-0.15, -0.1) is 0 Å². The van der Waals surface area contributed by atoms with Crippen LogP contribution >= 0.6 is 23.8 Å². The fraction of sp³-hybridized carbons (Fsp3) is 0.250. The van der Waals surface area contributed by atoms with Gasteiger partial charge >= 0.3 is 0 Å². The van der Waals surface area contributed by atoms with Crippen LogP contribution in [0.15, 0.2) is 16.6 Å². The Morgan fingerprint density at radius 2 is 2.57 bits per heavy atom. The van der Waals surface area contributed by atoms with Gasteiger partial charge < -0.3 is 0 Å². The summed E-state index contributed by atoms with van der Waals surface area (Å²) >= 11 is 9.41. The molecule has 0 spiro atoms. The second-order valence-electron chi connectivity index (χ2n) is 0.794. The van der Waals surface area contributed by atoms with Crippen LogP contribution in [0.3, 0.4) is 0 Å². The predicted molar refractivity (Wildman–Crippen MR) is 34.9 cm³/mol. The summed E-state index contributed by atoms with van der Waals surface area (Å²) in [5.74, 6) is 0. The third kappa shape index (κ3) is 5.83. The van der Waals surface area contributed by atoms with E-state index in [9.17, 15) is 0 Å². The van der Waals surface area contributed by atoms with Gasteiger partial charge in [0, 0.05) is 5.54 Å². The second-order valence-corrected chi connectivity index (χ2v) is 1.23. The summed E-state index contributed by atoms with van der Waals surface area (Å²) in [6, 6.07) is 0. The first-order valence-corrected chi connectivity index (χ1v) is 2.55. The molecule has 0 unspecified atom stereocenters. The van der Waals surface area contributed by atoms with Gasteiger partial charge in [-0.25, -0.2) is 4.99 Å². The summed E-state index contributed by atoms with van der Waals surface area (Å²) in [5, 5.41) is 2.20. The summed E-state index contributed by atoms with van der Waals surface area (Å²) in [6.45, 7) is 0.535. The van der Waals surface area contributed by atoms with Crippen LogP contribution in [0, 0.1) is 0 Å². The molecule has 0 rings (SSSR count). The summed E-state index contributed by atoms with van der Waals surface area (Å²) in [7, 11) is 0. The number of nitrogens with zero attached hydrogens (tertiary/aromatic N) is 1. The van der Waals surface area contributed by atoms with Gasteiger partial charge in [-0.1, -0.05) is 17.7 Å². The molecule has 0 saturated carbocycles. The van der Waals surface area contributed by atoms with Crippen molar-refractivity contribution >= 4 is 29.0 Å². The first-order chi connectivity index (χ1) is 3.41. The highest BCUT2D eigenvalue weighted by Crippen LogP contribution is 1.76. The van der Waals surface area contributed by atoms with Crippen LogP contribution in [0.2, 0.25) is 0 Å². The normalized spacial score (nSPS) is 8.71. The van der Waals surface area contributed by atoms with Crippen molar-refractivity contribution in [3.05, 3.63) is 11.6 Å². The van der Waals surface area contributed by atoms with Gasteiger partial charge in [0.15, 0.2) is 0 Å². The Balaban J connectivity index is 3.15. The molecule has 7 heavy (non-hydrogen) atoms. The van der Waals surface area contributed by atoms with Gasteiger partial charge in [-0.3, -0.25) is 0 Å². The zero-order chi connectivity index (χ0) is 5.54. The number of thiocarbonyl (C=S) groups is 1. The Labute approximate surface area is 52.7 Å². The van der Waals surface area contributed by atoms with E-state index >= 15 is 0 Å². The Morgan fingerprint density at radius 1 is 1.86 bits per heavy atom. The molecule has 0 saturated heterocycles. The van der Waals surface area contributed by atoms with Gasteiger partial charge in [0.2, 0.25) is 0 Å². The molecule has 3 heteroatoms. The molecule has 0 aromatic heterocycles. The molecule has 0 bridgehead atoms. The lowest BCUT2D eigenvalue weighted by Crippen LogP contribution is -1.63. The molecule has 0 atom stereocenters. The van der Waals surface area contributed by atoms with E-state index in [1.807, 2.05) is 0 Å². The number of hydrogen-bond donors (Lipinski definition) is 0. The summed E-state index contributed by atoms with van der Waals surface area (Å²) < 4.78 is 0. The smallest absolute Gasteiger partial charge is 0.0685 e. The van der Waals surface area contributed by atoms with Gasteiger partial charge in [0.05, 0.1) is 11.7 Å². The molecule has 0 fully saturated rings. The highest BCUT2D eigenvalue weighted by atomic mass is 35.5. The summed E-state index contributed by atoms with van der Waals surface area (Å²) in [5.41, 5.74) is 1.40. The zero-order valence-corrected chi connectivity index (χ0v) is 5.17. The summed E-state index contributed by atoms with van der Waals surface area (Å²) in [4.78, 5) is 3.56. The minimum absolute atomic E-state index is 0.535. The van der Waals surface area contributed by atoms with E-state index in [0.717, 1.165) is 0 Å². The maximum Gasteiger partial charge on any atom is 0.0685 e. The van der Waals surface area contributed by atoms with Gasteiger partial charge in [-0.05, 0) is 12.2 Å². The summed E-state index contributed by atoms with van der Waals surface area (Å²) in [6.07, 6.45) is 1.68. The van der Waals surface area contributed by atoms with Gasteiger partial charge in [-0.2, -0.15) is 0 Å². The SMILES string of the molecule is S=C=NC/C=C/Cl. The molecule has 0 aromatic rings. The average Bonchev–Trinajstić information content (AvgIpc) is 1.69. The van der Waals surface area contributed by atoms with Crippen LogP contribution in [0.1, 0.15) is 0 Å². The largest absolute Gasteiger partial charge is 0.228 e. The van der Waals surface area contributed by atoms with Gasteiger partial charge in [0.25, 0.3) is 0 Å².